The first kappa shape index (κ1) is 19.5. The van der Waals surface area contributed by atoms with E-state index in [0.29, 0.717) is 30.1 Å². The van der Waals surface area contributed by atoms with Crippen molar-refractivity contribution >= 4 is 11.6 Å². The monoisotopic (exact) mass is 402 g/mol. The average molecular weight is 403 g/mol. The molecule has 0 heterocycles. The second-order valence-corrected chi connectivity index (χ2v) is 9.74. The van der Waals surface area contributed by atoms with Gasteiger partial charge in [-0.3, -0.25) is 9.59 Å². The van der Waals surface area contributed by atoms with Crippen LogP contribution in [0.3, 0.4) is 0 Å². The maximum atomic E-state index is 12.5. The molecule has 0 amide bonds. The van der Waals surface area contributed by atoms with Crippen LogP contribution in [0.1, 0.15) is 78.9 Å². The first-order valence-corrected chi connectivity index (χ1v) is 11.3. The van der Waals surface area contributed by atoms with E-state index in [2.05, 4.69) is 25.1 Å². The molecule has 156 valence electrons. The van der Waals surface area contributed by atoms with Gasteiger partial charge in [0, 0.05) is 17.4 Å². The Balaban J connectivity index is 1.30. The fourth-order valence-corrected chi connectivity index (χ4v) is 6.42. The fraction of sp³-hybridized carbons (Fsp3) is 0.481. The van der Waals surface area contributed by atoms with Gasteiger partial charge in [-0.05, 0) is 85.6 Å². The second kappa shape index (κ2) is 7.37. The molecule has 0 N–H and O–H groups in total. The van der Waals surface area contributed by atoms with E-state index in [1.807, 2.05) is 24.3 Å². The molecule has 0 spiro atoms. The summed E-state index contributed by atoms with van der Waals surface area (Å²) in [6, 6.07) is 14.3. The van der Waals surface area contributed by atoms with E-state index in [9.17, 15) is 9.59 Å². The molecule has 30 heavy (non-hydrogen) atoms. The van der Waals surface area contributed by atoms with Gasteiger partial charge in [-0.2, -0.15) is 0 Å². The first-order chi connectivity index (χ1) is 14.5. The molecule has 2 fully saturated rings. The molecular formula is C27H30O3. The summed E-state index contributed by atoms with van der Waals surface area (Å²) < 4.78 is 6.06. The van der Waals surface area contributed by atoms with Gasteiger partial charge in [0.05, 0.1) is 0 Å². The molecule has 0 aromatic heterocycles. The topological polar surface area (TPSA) is 43.4 Å². The van der Waals surface area contributed by atoms with Gasteiger partial charge >= 0.3 is 0 Å². The van der Waals surface area contributed by atoms with Crippen LogP contribution in [0, 0.1) is 17.3 Å². The summed E-state index contributed by atoms with van der Waals surface area (Å²) in [6.07, 6.45) is 6.35. The van der Waals surface area contributed by atoms with Crippen LogP contribution in [0.2, 0.25) is 0 Å². The minimum absolute atomic E-state index is 0.0559. The van der Waals surface area contributed by atoms with Gasteiger partial charge < -0.3 is 4.74 Å². The van der Waals surface area contributed by atoms with Crippen molar-refractivity contribution in [1.29, 1.82) is 0 Å². The molecule has 2 aromatic carbocycles. The van der Waals surface area contributed by atoms with Crippen LogP contribution in [0.25, 0.3) is 0 Å². The van der Waals surface area contributed by atoms with Crippen LogP contribution in [0.4, 0.5) is 0 Å². The molecule has 3 aliphatic carbocycles. The summed E-state index contributed by atoms with van der Waals surface area (Å²) in [5.41, 5.74) is 4.66. The van der Waals surface area contributed by atoms with Crippen LogP contribution < -0.4 is 4.74 Å². The third-order valence-corrected chi connectivity index (χ3v) is 8.17. The lowest BCUT2D eigenvalue weighted by atomic mass is 9.55. The average Bonchev–Trinajstić information content (AvgIpc) is 3.06. The Labute approximate surface area is 178 Å². The van der Waals surface area contributed by atoms with Gasteiger partial charge in [-0.25, -0.2) is 0 Å². The highest BCUT2D eigenvalue weighted by molar-refractivity contribution is 5.94. The predicted molar refractivity (Wildman–Crippen MR) is 117 cm³/mol. The van der Waals surface area contributed by atoms with E-state index >= 15 is 0 Å². The Bertz CT molecular complexity index is 990. The number of carbonyl (C=O) groups excluding carboxylic acids is 2. The summed E-state index contributed by atoms with van der Waals surface area (Å²) in [7, 11) is 0. The van der Waals surface area contributed by atoms with Crippen LogP contribution in [-0.4, -0.2) is 11.6 Å². The smallest absolute Gasteiger partial charge is 0.159 e. The Morgan fingerprint density at radius 2 is 1.87 bits per heavy atom. The van der Waals surface area contributed by atoms with Gasteiger partial charge in [0.15, 0.2) is 5.78 Å². The Hall–Kier alpha value is -2.42. The van der Waals surface area contributed by atoms with Crippen LogP contribution in [0.5, 0.6) is 5.75 Å². The maximum Gasteiger partial charge on any atom is 0.159 e. The van der Waals surface area contributed by atoms with E-state index in [1.165, 1.54) is 17.5 Å². The molecule has 0 unspecified atom stereocenters. The summed E-state index contributed by atoms with van der Waals surface area (Å²) in [5.74, 6) is 3.35. The predicted octanol–water partition coefficient (Wildman–Crippen LogP) is 5.89. The van der Waals surface area contributed by atoms with Crippen molar-refractivity contribution < 1.29 is 14.3 Å². The third kappa shape index (κ3) is 3.19. The van der Waals surface area contributed by atoms with E-state index < -0.39 is 0 Å². The largest absolute Gasteiger partial charge is 0.489 e. The number of hydrogen-bond acceptors (Lipinski definition) is 3. The maximum absolute atomic E-state index is 12.5. The highest BCUT2D eigenvalue weighted by atomic mass is 16.5. The number of ketones is 2. The Morgan fingerprint density at radius 3 is 2.63 bits per heavy atom. The highest BCUT2D eigenvalue weighted by Crippen LogP contribution is 2.59. The molecule has 2 aromatic rings. The summed E-state index contributed by atoms with van der Waals surface area (Å²) >= 11 is 0. The highest BCUT2D eigenvalue weighted by Gasteiger charge is 2.54. The molecule has 3 nitrogen and oxygen atoms in total. The minimum atomic E-state index is -0.0559. The van der Waals surface area contributed by atoms with Gasteiger partial charge in [-0.1, -0.05) is 37.3 Å². The minimum Gasteiger partial charge on any atom is -0.489 e. The van der Waals surface area contributed by atoms with Crippen molar-refractivity contribution in [2.75, 3.05) is 0 Å². The van der Waals surface area contributed by atoms with Crippen molar-refractivity contribution in [3.63, 3.8) is 0 Å². The molecule has 0 bridgehead atoms. The van der Waals surface area contributed by atoms with Crippen molar-refractivity contribution in [2.45, 2.75) is 64.9 Å². The van der Waals surface area contributed by atoms with Gasteiger partial charge in [0.25, 0.3) is 0 Å². The SMILES string of the molecule is CC(=O)c1ccc(COc2ccc3c(c2)CC[C@@H]2[C@@H]3CC[C@]3(C)C(=O)CC[C@@H]23)cc1. The third-order valence-electron chi connectivity index (χ3n) is 8.17. The van der Waals surface area contributed by atoms with Crippen molar-refractivity contribution in [1.82, 2.24) is 0 Å². The van der Waals surface area contributed by atoms with Crippen LogP contribution in [0.15, 0.2) is 42.5 Å². The fourth-order valence-electron chi connectivity index (χ4n) is 6.42. The van der Waals surface area contributed by atoms with E-state index in [1.54, 1.807) is 6.92 Å². The zero-order valence-corrected chi connectivity index (χ0v) is 17.9. The first-order valence-electron chi connectivity index (χ1n) is 11.3. The molecule has 5 rings (SSSR count). The number of hydrogen-bond donors (Lipinski definition) is 0. The molecule has 2 saturated carbocycles. The summed E-state index contributed by atoms with van der Waals surface area (Å²) in [6.45, 7) is 4.32. The van der Waals surface area contributed by atoms with Crippen LogP contribution >= 0.6 is 0 Å². The van der Waals surface area contributed by atoms with Crippen molar-refractivity contribution in [3.05, 3.63) is 64.7 Å². The van der Waals surface area contributed by atoms with E-state index in [0.717, 1.165) is 49.0 Å². The lowest BCUT2D eigenvalue weighted by Gasteiger charge is -2.48. The van der Waals surface area contributed by atoms with E-state index in [4.69, 9.17) is 4.74 Å². The van der Waals surface area contributed by atoms with Gasteiger partial charge in [0.2, 0.25) is 0 Å². The van der Waals surface area contributed by atoms with Gasteiger partial charge in [-0.15, -0.1) is 0 Å². The number of fused-ring (bicyclic) bond motifs is 5. The van der Waals surface area contributed by atoms with E-state index in [-0.39, 0.29) is 11.2 Å². The zero-order chi connectivity index (χ0) is 20.9. The molecule has 0 saturated heterocycles. The molecule has 0 radical (unpaired) electrons. The molecule has 3 aliphatic rings. The second-order valence-electron chi connectivity index (χ2n) is 9.74. The number of ether oxygens (including phenoxy) is 1. The lowest BCUT2D eigenvalue weighted by molar-refractivity contribution is -0.129. The zero-order valence-electron chi connectivity index (χ0n) is 17.9. The quantitative estimate of drug-likeness (QED) is 0.599. The molecule has 0 aliphatic heterocycles. The number of Topliss-reactive ketones (excluding diaryl/α,β-unsaturated/α-hetero) is 2. The summed E-state index contributed by atoms with van der Waals surface area (Å²) in [4.78, 5) is 23.9. The Morgan fingerprint density at radius 1 is 1.07 bits per heavy atom. The Kier molecular flexibility index (Phi) is 4.80. The summed E-state index contributed by atoms with van der Waals surface area (Å²) in [5, 5.41) is 0. The van der Waals surface area contributed by atoms with Crippen molar-refractivity contribution in [2.24, 2.45) is 17.3 Å². The number of rotatable bonds is 4. The molecule has 3 heteroatoms. The van der Waals surface area contributed by atoms with Gasteiger partial charge in [0.1, 0.15) is 18.1 Å². The molecule has 4 atom stereocenters. The standard InChI is InChI=1S/C27H30O3/c1-17(28)19-5-3-18(4-6-19)16-30-21-8-10-22-20(15-21)7-9-24-23(22)13-14-27(2)25(24)11-12-26(27)29/h3-6,8,10,15,23-25H,7,9,11-14,16H2,1-2H3/t23-,24-,25+,27+/m1/s1. The molecular weight excluding hydrogens is 372 g/mol. The van der Waals surface area contributed by atoms with Crippen LogP contribution in [-0.2, 0) is 17.8 Å². The lowest BCUT2D eigenvalue weighted by Crippen LogP contribution is -2.42. The number of benzene rings is 2. The normalized spacial score (nSPS) is 29.7. The van der Waals surface area contributed by atoms with Crippen molar-refractivity contribution in [3.8, 4) is 5.75 Å². The number of aryl methyl sites for hydroxylation is 1. The number of carbonyl (C=O) groups is 2.